The van der Waals surface area contributed by atoms with E-state index in [4.69, 9.17) is 13.6 Å². The Morgan fingerprint density at radius 2 is 2.11 bits per heavy atom. The third-order valence-electron chi connectivity index (χ3n) is 2.94. The van der Waals surface area contributed by atoms with Crippen molar-refractivity contribution in [2.45, 2.75) is 12.8 Å². The van der Waals surface area contributed by atoms with Gasteiger partial charge in [0.2, 0.25) is 0 Å². The zero-order valence-electron chi connectivity index (χ0n) is 10.5. The van der Waals surface area contributed by atoms with Crippen molar-refractivity contribution in [3.8, 4) is 0 Å². The molecule has 0 N–H and O–H groups in total. The second-order valence-electron chi connectivity index (χ2n) is 4.27. The Labute approximate surface area is 108 Å². The van der Waals surface area contributed by atoms with E-state index in [2.05, 4.69) is 4.98 Å². The monoisotopic (exact) mass is 259 g/mol. The molecule has 0 aliphatic heterocycles. The summed E-state index contributed by atoms with van der Waals surface area (Å²) in [6, 6.07) is 7.27. The molecule has 1 aromatic carbocycles. The minimum Gasteiger partial charge on any atom is -0.440 e. The van der Waals surface area contributed by atoms with E-state index in [9.17, 15) is 4.79 Å². The smallest absolute Gasteiger partial charge is 0.366 e. The number of benzene rings is 1. The fourth-order valence-electron chi connectivity index (χ4n) is 2.05. The van der Waals surface area contributed by atoms with E-state index in [-0.39, 0.29) is 5.52 Å². The molecule has 0 spiro atoms. The van der Waals surface area contributed by atoms with Gasteiger partial charge in [0.15, 0.2) is 17.0 Å². The number of rotatable bonds is 4. The van der Waals surface area contributed by atoms with Crippen LogP contribution in [0.4, 0.5) is 0 Å². The minimum atomic E-state index is -0.463. The number of hydrogen-bond donors (Lipinski definition) is 0. The van der Waals surface area contributed by atoms with Crippen molar-refractivity contribution in [3.63, 3.8) is 0 Å². The molecule has 0 aliphatic rings. The number of methoxy groups -OCH3 is 1. The van der Waals surface area contributed by atoms with E-state index in [1.807, 2.05) is 18.2 Å². The van der Waals surface area contributed by atoms with E-state index < -0.39 is 5.63 Å². The Morgan fingerprint density at radius 3 is 2.95 bits per heavy atom. The fourth-order valence-corrected chi connectivity index (χ4v) is 2.05. The van der Waals surface area contributed by atoms with Crippen LogP contribution in [-0.2, 0) is 11.2 Å². The van der Waals surface area contributed by atoms with Gasteiger partial charge in [-0.3, -0.25) is 0 Å². The van der Waals surface area contributed by atoms with Gasteiger partial charge in [-0.1, -0.05) is 12.1 Å². The van der Waals surface area contributed by atoms with E-state index in [1.54, 1.807) is 13.2 Å². The van der Waals surface area contributed by atoms with E-state index in [0.717, 1.165) is 11.8 Å². The predicted molar refractivity (Wildman–Crippen MR) is 70.2 cm³/mol. The number of hydrogen-bond acceptors (Lipinski definition) is 5. The minimum absolute atomic E-state index is 0.256. The van der Waals surface area contributed by atoms with Crippen molar-refractivity contribution in [2.24, 2.45) is 0 Å². The van der Waals surface area contributed by atoms with Crippen LogP contribution in [0.3, 0.4) is 0 Å². The SMILES string of the molecule is COCCCc1nc2c(=O)oc3ccccc3c2o1. The lowest BCUT2D eigenvalue weighted by molar-refractivity contribution is 0.193. The summed E-state index contributed by atoms with van der Waals surface area (Å²) in [7, 11) is 1.65. The summed E-state index contributed by atoms with van der Waals surface area (Å²) in [5.74, 6) is 0.538. The summed E-state index contributed by atoms with van der Waals surface area (Å²) in [6.07, 6.45) is 1.43. The molecule has 0 aliphatic carbocycles. The molecule has 98 valence electrons. The largest absolute Gasteiger partial charge is 0.440 e. The fraction of sp³-hybridized carbons (Fsp3) is 0.286. The van der Waals surface area contributed by atoms with Gasteiger partial charge in [0.1, 0.15) is 5.58 Å². The summed E-state index contributed by atoms with van der Waals surface area (Å²) in [6.45, 7) is 0.633. The predicted octanol–water partition coefficient (Wildman–Crippen LogP) is 2.51. The maximum absolute atomic E-state index is 11.8. The zero-order chi connectivity index (χ0) is 13.2. The molecule has 0 amide bonds. The van der Waals surface area contributed by atoms with Gasteiger partial charge >= 0.3 is 5.63 Å². The first-order chi connectivity index (χ1) is 9.29. The Kier molecular flexibility index (Phi) is 3.05. The molecule has 0 fully saturated rings. The highest BCUT2D eigenvalue weighted by atomic mass is 16.5. The number of oxazole rings is 1. The first-order valence-electron chi connectivity index (χ1n) is 6.10. The third kappa shape index (κ3) is 2.13. The van der Waals surface area contributed by atoms with Crippen LogP contribution in [0, 0.1) is 0 Å². The van der Waals surface area contributed by atoms with Crippen molar-refractivity contribution in [1.29, 1.82) is 0 Å². The molecule has 19 heavy (non-hydrogen) atoms. The van der Waals surface area contributed by atoms with Crippen LogP contribution < -0.4 is 5.63 Å². The Balaban J connectivity index is 2.13. The Hall–Kier alpha value is -2.14. The average Bonchev–Trinajstić information content (AvgIpc) is 2.84. The molecule has 3 aromatic rings. The van der Waals surface area contributed by atoms with Gasteiger partial charge in [-0.15, -0.1) is 0 Å². The molecule has 5 heteroatoms. The zero-order valence-corrected chi connectivity index (χ0v) is 10.5. The summed E-state index contributed by atoms with van der Waals surface area (Å²) >= 11 is 0. The van der Waals surface area contributed by atoms with Crippen molar-refractivity contribution < 1.29 is 13.6 Å². The normalized spacial score (nSPS) is 11.4. The topological polar surface area (TPSA) is 65.5 Å². The molecule has 0 unspecified atom stereocenters. The lowest BCUT2D eigenvalue weighted by Gasteiger charge is -1.95. The van der Waals surface area contributed by atoms with Crippen LogP contribution in [0.1, 0.15) is 12.3 Å². The van der Waals surface area contributed by atoms with Gasteiger partial charge in [-0.25, -0.2) is 9.78 Å². The van der Waals surface area contributed by atoms with Crippen LogP contribution in [-0.4, -0.2) is 18.7 Å². The van der Waals surface area contributed by atoms with Crippen molar-refractivity contribution in [3.05, 3.63) is 40.6 Å². The standard InChI is InChI=1S/C14H13NO4/c1-17-8-4-7-11-15-12-13(19-11)9-5-2-3-6-10(9)18-14(12)16/h2-3,5-6H,4,7-8H2,1H3. The van der Waals surface area contributed by atoms with Crippen molar-refractivity contribution >= 4 is 22.1 Å². The van der Waals surface area contributed by atoms with Gasteiger partial charge in [-0.2, -0.15) is 0 Å². The van der Waals surface area contributed by atoms with Crippen LogP contribution in [0.5, 0.6) is 0 Å². The quantitative estimate of drug-likeness (QED) is 0.532. The molecule has 2 heterocycles. The Bertz CT molecular complexity index is 772. The molecule has 0 saturated carbocycles. The summed E-state index contributed by atoms with van der Waals surface area (Å²) in [5, 5.41) is 0.766. The molecule has 0 bridgehead atoms. The van der Waals surface area contributed by atoms with Gasteiger partial charge in [0, 0.05) is 20.1 Å². The highest BCUT2D eigenvalue weighted by Crippen LogP contribution is 2.23. The van der Waals surface area contributed by atoms with Gasteiger partial charge in [-0.05, 0) is 18.6 Å². The summed E-state index contributed by atoms with van der Waals surface area (Å²) in [4.78, 5) is 16.0. The molecule has 3 rings (SSSR count). The van der Waals surface area contributed by atoms with E-state index >= 15 is 0 Å². The van der Waals surface area contributed by atoms with Gasteiger partial charge in [0.05, 0.1) is 5.39 Å². The summed E-state index contributed by atoms with van der Waals surface area (Å²) < 4.78 is 15.9. The Morgan fingerprint density at radius 1 is 1.26 bits per heavy atom. The van der Waals surface area contributed by atoms with Crippen LogP contribution >= 0.6 is 0 Å². The van der Waals surface area contributed by atoms with Crippen LogP contribution in [0.2, 0.25) is 0 Å². The molecule has 0 saturated heterocycles. The second kappa shape index (κ2) is 4.85. The van der Waals surface area contributed by atoms with Crippen molar-refractivity contribution in [1.82, 2.24) is 4.98 Å². The lowest BCUT2D eigenvalue weighted by Crippen LogP contribution is -1.99. The number of ether oxygens (including phenoxy) is 1. The molecular weight excluding hydrogens is 246 g/mol. The van der Waals surface area contributed by atoms with E-state index in [1.165, 1.54) is 0 Å². The molecule has 0 atom stereocenters. The molecule has 5 nitrogen and oxygen atoms in total. The van der Waals surface area contributed by atoms with Gasteiger partial charge in [0.25, 0.3) is 0 Å². The number of aryl methyl sites for hydroxylation is 1. The highest BCUT2D eigenvalue weighted by Gasteiger charge is 2.14. The number of aromatic nitrogens is 1. The number of nitrogens with zero attached hydrogens (tertiary/aromatic N) is 1. The number of fused-ring (bicyclic) bond motifs is 3. The maximum Gasteiger partial charge on any atom is 0.366 e. The summed E-state index contributed by atoms with van der Waals surface area (Å²) in [5.41, 5.74) is 0.806. The highest BCUT2D eigenvalue weighted by molar-refractivity contribution is 5.98. The average molecular weight is 259 g/mol. The molecular formula is C14H13NO4. The second-order valence-corrected chi connectivity index (χ2v) is 4.27. The van der Waals surface area contributed by atoms with Crippen LogP contribution in [0.15, 0.2) is 37.9 Å². The lowest BCUT2D eigenvalue weighted by atomic mass is 10.2. The third-order valence-corrected chi connectivity index (χ3v) is 2.94. The van der Waals surface area contributed by atoms with E-state index in [0.29, 0.717) is 30.1 Å². The molecule has 2 aromatic heterocycles. The first-order valence-corrected chi connectivity index (χ1v) is 6.10. The first kappa shape index (κ1) is 11.9. The van der Waals surface area contributed by atoms with Gasteiger partial charge < -0.3 is 13.6 Å². The molecule has 0 radical (unpaired) electrons. The van der Waals surface area contributed by atoms with Crippen LogP contribution in [0.25, 0.3) is 22.1 Å². The maximum atomic E-state index is 11.8. The van der Waals surface area contributed by atoms with Crippen molar-refractivity contribution in [2.75, 3.05) is 13.7 Å². The number of para-hydroxylation sites is 1.